The Morgan fingerprint density at radius 3 is 2.47 bits per heavy atom. The molecule has 2 nitrogen and oxygen atoms in total. The normalized spacial score (nSPS) is 14.1. The highest BCUT2D eigenvalue weighted by Gasteiger charge is 2.16. The first-order chi connectivity index (χ1) is 6.66. The van der Waals surface area contributed by atoms with Crippen LogP contribution in [0.25, 0.3) is 0 Å². The summed E-state index contributed by atoms with van der Waals surface area (Å²) in [6, 6.07) is 7.70. The molecule has 1 aromatic rings. The monoisotopic (exact) mass is 229 g/mol. The third kappa shape index (κ3) is 3.82. The van der Waals surface area contributed by atoms with Crippen molar-refractivity contribution in [3.8, 4) is 0 Å². The van der Waals surface area contributed by atoms with Gasteiger partial charge in [0.05, 0.1) is 12.1 Å². The van der Waals surface area contributed by atoms with Crippen LogP contribution >= 0.6 is 12.4 Å². The molecule has 0 saturated carbocycles. The molecule has 86 valence electrons. The van der Waals surface area contributed by atoms with E-state index in [1.807, 2.05) is 38.1 Å². The molecule has 0 unspecified atom stereocenters. The van der Waals surface area contributed by atoms with Crippen molar-refractivity contribution >= 4 is 12.4 Å². The van der Waals surface area contributed by atoms with Crippen LogP contribution in [0.1, 0.15) is 36.9 Å². The van der Waals surface area contributed by atoms with Gasteiger partial charge in [-0.05, 0) is 24.5 Å². The molecule has 0 aliphatic heterocycles. The third-order valence-corrected chi connectivity index (χ3v) is 2.55. The van der Waals surface area contributed by atoms with Gasteiger partial charge in [-0.15, -0.1) is 12.4 Å². The maximum atomic E-state index is 9.77. The van der Waals surface area contributed by atoms with Gasteiger partial charge in [0.15, 0.2) is 0 Å². The molecule has 0 aliphatic carbocycles. The molecule has 0 aromatic heterocycles. The number of rotatable bonds is 4. The van der Waals surface area contributed by atoms with Crippen LogP contribution in [0.2, 0.25) is 0 Å². The Morgan fingerprint density at radius 2 is 1.93 bits per heavy atom. The lowest BCUT2D eigenvalue weighted by atomic mass is 9.96. The fraction of sp³-hybridized carbons (Fsp3) is 0.500. The van der Waals surface area contributed by atoms with Gasteiger partial charge in [0, 0.05) is 0 Å². The Morgan fingerprint density at radius 1 is 1.33 bits per heavy atom. The minimum Gasteiger partial charge on any atom is -0.391 e. The third-order valence-electron chi connectivity index (χ3n) is 2.55. The van der Waals surface area contributed by atoms with Gasteiger partial charge in [-0.25, -0.2) is 0 Å². The Balaban J connectivity index is 0.00000196. The second-order valence-electron chi connectivity index (χ2n) is 3.74. The van der Waals surface area contributed by atoms with E-state index in [-0.39, 0.29) is 18.4 Å². The maximum Gasteiger partial charge on any atom is 0.0732 e. The van der Waals surface area contributed by atoms with E-state index in [1.54, 1.807) is 0 Å². The van der Waals surface area contributed by atoms with E-state index < -0.39 is 6.10 Å². The number of halogens is 1. The van der Waals surface area contributed by atoms with Gasteiger partial charge in [0.2, 0.25) is 0 Å². The average Bonchev–Trinajstić information content (AvgIpc) is 2.18. The lowest BCUT2D eigenvalue weighted by Crippen LogP contribution is -2.26. The molecule has 3 heteroatoms. The van der Waals surface area contributed by atoms with Crippen LogP contribution in [0.5, 0.6) is 0 Å². The highest BCUT2D eigenvalue weighted by molar-refractivity contribution is 5.85. The van der Waals surface area contributed by atoms with Crippen LogP contribution in [-0.2, 0) is 0 Å². The van der Waals surface area contributed by atoms with Crippen molar-refractivity contribution in [1.82, 2.24) is 0 Å². The number of benzene rings is 1. The van der Waals surface area contributed by atoms with E-state index in [4.69, 9.17) is 5.73 Å². The van der Waals surface area contributed by atoms with Crippen LogP contribution in [0.4, 0.5) is 0 Å². The smallest absolute Gasteiger partial charge is 0.0732 e. The fourth-order valence-corrected chi connectivity index (χ4v) is 1.64. The second-order valence-corrected chi connectivity index (χ2v) is 3.74. The number of hydrogen-bond acceptors (Lipinski definition) is 2. The minimum absolute atomic E-state index is 0. The fourth-order valence-electron chi connectivity index (χ4n) is 1.64. The number of hydrogen-bond donors (Lipinski definition) is 2. The van der Waals surface area contributed by atoms with Gasteiger partial charge in [-0.3, -0.25) is 0 Å². The van der Waals surface area contributed by atoms with Crippen LogP contribution < -0.4 is 5.73 Å². The summed E-state index contributed by atoms with van der Waals surface area (Å²) >= 11 is 0. The number of nitrogens with two attached hydrogens (primary N) is 1. The van der Waals surface area contributed by atoms with Crippen LogP contribution in [0.15, 0.2) is 24.3 Å². The lowest BCUT2D eigenvalue weighted by molar-refractivity contribution is 0.134. The van der Waals surface area contributed by atoms with Gasteiger partial charge in [0.1, 0.15) is 0 Å². The molecule has 1 aromatic carbocycles. The minimum atomic E-state index is -0.430. The summed E-state index contributed by atoms with van der Waals surface area (Å²) in [5.41, 5.74) is 8.17. The second kappa shape index (κ2) is 6.83. The van der Waals surface area contributed by atoms with Crippen molar-refractivity contribution in [3.05, 3.63) is 35.4 Å². The summed E-state index contributed by atoms with van der Waals surface area (Å²) < 4.78 is 0. The zero-order valence-electron chi connectivity index (χ0n) is 9.31. The van der Waals surface area contributed by atoms with E-state index in [0.29, 0.717) is 0 Å². The predicted octanol–water partition coefficient (Wildman–Crippen LogP) is 2.58. The zero-order chi connectivity index (χ0) is 10.6. The molecule has 0 spiro atoms. The highest BCUT2D eigenvalue weighted by atomic mass is 35.5. The van der Waals surface area contributed by atoms with E-state index in [2.05, 4.69) is 0 Å². The summed E-state index contributed by atoms with van der Waals surface area (Å²) in [5, 5.41) is 9.77. The van der Waals surface area contributed by atoms with Crippen molar-refractivity contribution in [1.29, 1.82) is 0 Å². The summed E-state index contributed by atoms with van der Waals surface area (Å²) in [6.45, 7) is 4.07. The summed E-state index contributed by atoms with van der Waals surface area (Å²) in [6.07, 6.45) is 1.29. The summed E-state index contributed by atoms with van der Waals surface area (Å²) in [5.74, 6) is 0. The molecule has 0 radical (unpaired) electrons. The number of aryl methyl sites for hydroxylation is 1. The van der Waals surface area contributed by atoms with E-state index in [0.717, 1.165) is 24.0 Å². The molecule has 0 heterocycles. The molecule has 0 amide bonds. The molecular weight excluding hydrogens is 210 g/mol. The molecule has 0 bridgehead atoms. The summed E-state index contributed by atoms with van der Waals surface area (Å²) in [7, 11) is 0. The molecule has 15 heavy (non-hydrogen) atoms. The van der Waals surface area contributed by atoms with Gasteiger partial charge < -0.3 is 10.8 Å². The van der Waals surface area contributed by atoms with E-state index >= 15 is 0 Å². The molecular formula is C12H20ClNO. The Bertz CT molecular complexity index is 291. The lowest BCUT2D eigenvalue weighted by Gasteiger charge is -2.20. The zero-order valence-corrected chi connectivity index (χ0v) is 10.1. The van der Waals surface area contributed by atoms with Gasteiger partial charge in [-0.2, -0.15) is 0 Å². The standard InChI is InChI=1S/C12H19NO.ClH/c1-3-6-11(14)12(13)10-8-5-4-7-9(10)2;/h4-5,7-8,11-12,14H,3,6,13H2,1-2H3;1H/t11-,12+;/m1./s1. The van der Waals surface area contributed by atoms with Crippen molar-refractivity contribution in [2.24, 2.45) is 5.73 Å². The predicted molar refractivity (Wildman–Crippen MR) is 66.3 cm³/mol. The van der Waals surface area contributed by atoms with Crippen molar-refractivity contribution in [2.45, 2.75) is 38.8 Å². The summed E-state index contributed by atoms with van der Waals surface area (Å²) in [4.78, 5) is 0. The topological polar surface area (TPSA) is 46.2 Å². The number of aliphatic hydroxyl groups is 1. The van der Waals surface area contributed by atoms with Crippen LogP contribution in [0.3, 0.4) is 0 Å². The Labute approximate surface area is 97.9 Å². The van der Waals surface area contributed by atoms with Crippen LogP contribution in [-0.4, -0.2) is 11.2 Å². The number of aliphatic hydroxyl groups excluding tert-OH is 1. The Kier molecular flexibility index (Phi) is 6.57. The molecule has 0 saturated heterocycles. The molecule has 2 atom stereocenters. The average molecular weight is 230 g/mol. The van der Waals surface area contributed by atoms with Gasteiger partial charge >= 0.3 is 0 Å². The van der Waals surface area contributed by atoms with E-state index in [9.17, 15) is 5.11 Å². The maximum absolute atomic E-state index is 9.77. The van der Waals surface area contributed by atoms with Gasteiger partial charge in [0.25, 0.3) is 0 Å². The van der Waals surface area contributed by atoms with Crippen LogP contribution in [0, 0.1) is 6.92 Å². The van der Waals surface area contributed by atoms with Crippen molar-refractivity contribution in [2.75, 3.05) is 0 Å². The molecule has 1 rings (SSSR count). The van der Waals surface area contributed by atoms with Crippen molar-refractivity contribution < 1.29 is 5.11 Å². The quantitative estimate of drug-likeness (QED) is 0.834. The largest absolute Gasteiger partial charge is 0.391 e. The first-order valence-corrected chi connectivity index (χ1v) is 5.16. The molecule has 0 aliphatic rings. The molecule has 0 fully saturated rings. The van der Waals surface area contributed by atoms with Crippen molar-refractivity contribution in [3.63, 3.8) is 0 Å². The highest BCUT2D eigenvalue weighted by Crippen LogP contribution is 2.20. The molecule has 3 N–H and O–H groups in total. The first-order valence-electron chi connectivity index (χ1n) is 5.16. The Hall–Kier alpha value is -0.570. The van der Waals surface area contributed by atoms with Gasteiger partial charge in [-0.1, -0.05) is 37.6 Å². The first kappa shape index (κ1) is 14.4. The van der Waals surface area contributed by atoms with E-state index in [1.165, 1.54) is 0 Å². The SMILES string of the molecule is CCC[C@@H](O)[C@@H](N)c1ccccc1C.Cl.